The SMILES string of the molecule is CCC(Br)C1CCCCC1OC. The van der Waals surface area contributed by atoms with E-state index in [9.17, 15) is 0 Å². The molecule has 72 valence electrons. The molecule has 0 bridgehead atoms. The third kappa shape index (κ3) is 2.46. The van der Waals surface area contributed by atoms with Gasteiger partial charge in [-0.2, -0.15) is 0 Å². The third-order valence-electron chi connectivity index (χ3n) is 2.91. The van der Waals surface area contributed by atoms with Gasteiger partial charge in [0.25, 0.3) is 0 Å². The molecule has 2 heteroatoms. The molecule has 0 amide bonds. The van der Waals surface area contributed by atoms with Crippen LogP contribution in [0, 0.1) is 5.92 Å². The molecule has 3 unspecified atom stereocenters. The fraction of sp³-hybridized carbons (Fsp3) is 1.00. The summed E-state index contributed by atoms with van der Waals surface area (Å²) in [5, 5.41) is 0. The van der Waals surface area contributed by atoms with Gasteiger partial charge in [0.1, 0.15) is 0 Å². The van der Waals surface area contributed by atoms with Crippen LogP contribution in [0.4, 0.5) is 0 Å². The maximum atomic E-state index is 5.50. The van der Waals surface area contributed by atoms with E-state index in [0.717, 1.165) is 5.92 Å². The fourth-order valence-corrected chi connectivity index (χ4v) is 2.74. The number of hydrogen-bond donors (Lipinski definition) is 0. The normalized spacial score (nSPS) is 33.2. The minimum Gasteiger partial charge on any atom is -0.381 e. The van der Waals surface area contributed by atoms with Gasteiger partial charge in [-0.15, -0.1) is 0 Å². The van der Waals surface area contributed by atoms with E-state index in [1.807, 2.05) is 7.11 Å². The maximum Gasteiger partial charge on any atom is 0.0610 e. The Bertz CT molecular complexity index is 127. The summed E-state index contributed by atoms with van der Waals surface area (Å²) in [5.41, 5.74) is 0. The summed E-state index contributed by atoms with van der Waals surface area (Å²) in [6, 6.07) is 0. The van der Waals surface area contributed by atoms with E-state index < -0.39 is 0 Å². The molecule has 1 fully saturated rings. The molecule has 0 N–H and O–H groups in total. The Kier molecular flexibility index (Phi) is 4.59. The van der Waals surface area contributed by atoms with E-state index in [1.54, 1.807) is 0 Å². The van der Waals surface area contributed by atoms with Crippen LogP contribution in [-0.4, -0.2) is 18.0 Å². The van der Waals surface area contributed by atoms with Crippen LogP contribution >= 0.6 is 15.9 Å². The van der Waals surface area contributed by atoms with Gasteiger partial charge >= 0.3 is 0 Å². The Balaban J connectivity index is 2.46. The summed E-state index contributed by atoms with van der Waals surface area (Å²) in [4.78, 5) is 0.655. The average Bonchev–Trinajstić information content (AvgIpc) is 2.16. The van der Waals surface area contributed by atoms with Gasteiger partial charge in [-0.3, -0.25) is 0 Å². The van der Waals surface area contributed by atoms with Crippen LogP contribution in [0.2, 0.25) is 0 Å². The van der Waals surface area contributed by atoms with Gasteiger partial charge in [-0.25, -0.2) is 0 Å². The lowest BCUT2D eigenvalue weighted by Crippen LogP contribution is -2.32. The number of hydrogen-bond acceptors (Lipinski definition) is 1. The Hall–Kier alpha value is 0.440. The van der Waals surface area contributed by atoms with Crippen molar-refractivity contribution in [3.05, 3.63) is 0 Å². The zero-order chi connectivity index (χ0) is 8.97. The second kappa shape index (κ2) is 5.23. The number of alkyl halides is 1. The molecule has 1 rings (SSSR count). The smallest absolute Gasteiger partial charge is 0.0610 e. The molecular weight excluding hydrogens is 216 g/mol. The minimum absolute atomic E-state index is 0.503. The highest BCUT2D eigenvalue weighted by molar-refractivity contribution is 9.09. The zero-order valence-corrected chi connectivity index (χ0v) is 9.64. The quantitative estimate of drug-likeness (QED) is 0.681. The molecule has 12 heavy (non-hydrogen) atoms. The predicted octanol–water partition coefficient (Wildman–Crippen LogP) is 3.37. The molecule has 0 aliphatic heterocycles. The van der Waals surface area contributed by atoms with Crippen molar-refractivity contribution in [2.75, 3.05) is 7.11 Å². The predicted molar refractivity (Wildman–Crippen MR) is 55.8 cm³/mol. The molecule has 0 spiro atoms. The topological polar surface area (TPSA) is 9.23 Å². The number of ether oxygens (including phenoxy) is 1. The Morgan fingerprint density at radius 2 is 2.08 bits per heavy atom. The lowest BCUT2D eigenvalue weighted by atomic mass is 9.83. The highest BCUT2D eigenvalue weighted by Crippen LogP contribution is 2.33. The van der Waals surface area contributed by atoms with E-state index in [1.165, 1.54) is 32.1 Å². The molecule has 0 aromatic heterocycles. The Morgan fingerprint density at radius 1 is 1.42 bits per heavy atom. The van der Waals surface area contributed by atoms with Crippen molar-refractivity contribution in [3.8, 4) is 0 Å². The van der Waals surface area contributed by atoms with E-state index in [-0.39, 0.29) is 0 Å². The molecule has 3 atom stereocenters. The van der Waals surface area contributed by atoms with Gasteiger partial charge in [0, 0.05) is 11.9 Å². The molecule has 0 aromatic carbocycles. The van der Waals surface area contributed by atoms with E-state index in [0.29, 0.717) is 10.9 Å². The van der Waals surface area contributed by atoms with Crippen molar-refractivity contribution >= 4 is 15.9 Å². The highest BCUT2D eigenvalue weighted by atomic mass is 79.9. The standard InChI is InChI=1S/C10H19BrO/c1-3-9(11)8-6-4-5-7-10(8)12-2/h8-10H,3-7H2,1-2H3. The molecule has 1 aliphatic carbocycles. The van der Waals surface area contributed by atoms with Gasteiger partial charge in [0.05, 0.1) is 6.10 Å². The van der Waals surface area contributed by atoms with Crippen LogP contribution < -0.4 is 0 Å². The Labute approximate surface area is 84.0 Å². The van der Waals surface area contributed by atoms with Gasteiger partial charge in [-0.1, -0.05) is 35.7 Å². The van der Waals surface area contributed by atoms with Crippen molar-refractivity contribution < 1.29 is 4.74 Å². The first-order valence-electron chi connectivity index (χ1n) is 4.96. The summed E-state index contributed by atoms with van der Waals surface area (Å²) in [5.74, 6) is 0.744. The van der Waals surface area contributed by atoms with E-state index in [2.05, 4.69) is 22.9 Å². The van der Waals surface area contributed by atoms with Crippen molar-refractivity contribution in [1.29, 1.82) is 0 Å². The van der Waals surface area contributed by atoms with Gasteiger partial charge in [-0.05, 0) is 25.2 Å². The fourth-order valence-electron chi connectivity index (χ4n) is 2.13. The van der Waals surface area contributed by atoms with Crippen LogP contribution in [0.3, 0.4) is 0 Å². The third-order valence-corrected chi connectivity index (χ3v) is 4.24. The van der Waals surface area contributed by atoms with Crippen molar-refractivity contribution in [1.82, 2.24) is 0 Å². The second-order valence-electron chi connectivity index (χ2n) is 3.65. The van der Waals surface area contributed by atoms with E-state index >= 15 is 0 Å². The minimum atomic E-state index is 0.503. The molecule has 1 aliphatic rings. The van der Waals surface area contributed by atoms with Crippen molar-refractivity contribution in [2.24, 2.45) is 5.92 Å². The zero-order valence-electron chi connectivity index (χ0n) is 8.05. The molecule has 0 aromatic rings. The van der Waals surface area contributed by atoms with Crippen LogP contribution in [0.25, 0.3) is 0 Å². The summed E-state index contributed by atoms with van der Waals surface area (Å²) in [7, 11) is 1.85. The summed E-state index contributed by atoms with van der Waals surface area (Å²) < 4.78 is 5.50. The van der Waals surface area contributed by atoms with Crippen LogP contribution in [0.1, 0.15) is 39.0 Å². The Morgan fingerprint density at radius 3 is 2.67 bits per heavy atom. The molecule has 0 saturated heterocycles. The van der Waals surface area contributed by atoms with E-state index in [4.69, 9.17) is 4.74 Å². The molecule has 0 heterocycles. The summed E-state index contributed by atoms with van der Waals surface area (Å²) >= 11 is 3.74. The van der Waals surface area contributed by atoms with Gasteiger partial charge in [0.2, 0.25) is 0 Å². The second-order valence-corrected chi connectivity index (χ2v) is 4.82. The lowest BCUT2D eigenvalue weighted by Gasteiger charge is -2.33. The number of methoxy groups -OCH3 is 1. The molecular formula is C10H19BrO. The van der Waals surface area contributed by atoms with Gasteiger partial charge < -0.3 is 4.74 Å². The van der Waals surface area contributed by atoms with Crippen LogP contribution in [0.15, 0.2) is 0 Å². The van der Waals surface area contributed by atoms with Crippen molar-refractivity contribution in [3.63, 3.8) is 0 Å². The lowest BCUT2D eigenvalue weighted by molar-refractivity contribution is 0.0233. The van der Waals surface area contributed by atoms with Gasteiger partial charge in [0.15, 0.2) is 0 Å². The first-order valence-corrected chi connectivity index (χ1v) is 5.88. The molecule has 1 nitrogen and oxygen atoms in total. The summed E-state index contributed by atoms with van der Waals surface area (Å²) in [6.07, 6.45) is 7.03. The van der Waals surface area contributed by atoms with Crippen molar-refractivity contribution in [2.45, 2.75) is 50.0 Å². The maximum absolute atomic E-state index is 5.50. The highest BCUT2D eigenvalue weighted by Gasteiger charge is 2.29. The number of rotatable bonds is 3. The molecule has 1 saturated carbocycles. The summed E-state index contributed by atoms with van der Waals surface area (Å²) in [6.45, 7) is 2.24. The molecule has 0 radical (unpaired) electrons. The monoisotopic (exact) mass is 234 g/mol. The average molecular weight is 235 g/mol. The first kappa shape index (κ1) is 10.5. The van der Waals surface area contributed by atoms with Crippen LogP contribution in [-0.2, 0) is 4.74 Å². The number of halogens is 1. The first-order chi connectivity index (χ1) is 5.79. The van der Waals surface area contributed by atoms with Crippen LogP contribution in [0.5, 0.6) is 0 Å². The largest absolute Gasteiger partial charge is 0.381 e.